The molecule has 5 aromatic rings. The second-order valence-electron chi connectivity index (χ2n) is 10.1. The van der Waals surface area contributed by atoms with Gasteiger partial charge >= 0.3 is 0 Å². The van der Waals surface area contributed by atoms with Gasteiger partial charge in [0.15, 0.2) is 5.65 Å². The minimum atomic E-state index is 0.915. The van der Waals surface area contributed by atoms with E-state index in [1.165, 1.54) is 16.7 Å². The predicted molar refractivity (Wildman–Crippen MR) is 152 cm³/mol. The SMILES string of the molecule is Cc1ccc(CN2CCN(c3cc(-c4ccccc4)nc4c(-c5ccccc5)c(C)nn34)CC2)c(C)c1. The molecule has 0 unspecified atom stereocenters. The van der Waals surface area contributed by atoms with E-state index >= 15 is 0 Å². The zero-order valence-electron chi connectivity index (χ0n) is 21.9. The Balaban J connectivity index is 1.36. The van der Waals surface area contributed by atoms with Crippen molar-refractivity contribution in [1.29, 1.82) is 0 Å². The van der Waals surface area contributed by atoms with Crippen LogP contribution in [0.1, 0.15) is 22.4 Å². The lowest BCUT2D eigenvalue weighted by Gasteiger charge is -2.36. The number of anilines is 1. The van der Waals surface area contributed by atoms with E-state index < -0.39 is 0 Å². The highest BCUT2D eigenvalue weighted by Crippen LogP contribution is 2.33. The van der Waals surface area contributed by atoms with E-state index in [4.69, 9.17) is 10.1 Å². The molecule has 0 saturated carbocycles. The van der Waals surface area contributed by atoms with Crippen molar-refractivity contribution in [1.82, 2.24) is 19.5 Å². The van der Waals surface area contributed by atoms with Crippen LogP contribution in [0.5, 0.6) is 0 Å². The molecule has 3 aromatic carbocycles. The smallest absolute Gasteiger partial charge is 0.166 e. The summed E-state index contributed by atoms with van der Waals surface area (Å²) >= 11 is 0. The Kier molecular flexibility index (Phi) is 6.23. The highest BCUT2D eigenvalue weighted by molar-refractivity contribution is 5.82. The van der Waals surface area contributed by atoms with E-state index in [1.54, 1.807) is 0 Å². The highest BCUT2D eigenvalue weighted by Gasteiger charge is 2.24. The second kappa shape index (κ2) is 9.83. The fraction of sp³-hybridized carbons (Fsp3) is 0.250. The molecule has 0 aliphatic carbocycles. The van der Waals surface area contributed by atoms with Gasteiger partial charge < -0.3 is 4.90 Å². The third-order valence-corrected chi connectivity index (χ3v) is 7.47. The lowest BCUT2D eigenvalue weighted by molar-refractivity contribution is 0.248. The minimum absolute atomic E-state index is 0.915. The fourth-order valence-electron chi connectivity index (χ4n) is 5.43. The summed E-state index contributed by atoms with van der Waals surface area (Å²) in [5.41, 5.74) is 10.4. The molecule has 186 valence electrons. The average Bonchev–Trinajstić information content (AvgIpc) is 3.27. The van der Waals surface area contributed by atoms with Crippen molar-refractivity contribution < 1.29 is 0 Å². The molecule has 5 nitrogen and oxygen atoms in total. The maximum absolute atomic E-state index is 5.15. The molecule has 1 saturated heterocycles. The number of aryl methyl sites for hydroxylation is 3. The molecule has 0 spiro atoms. The van der Waals surface area contributed by atoms with E-state index in [0.717, 1.165) is 72.3 Å². The Morgan fingerprint density at radius 2 is 1.41 bits per heavy atom. The van der Waals surface area contributed by atoms with Crippen LogP contribution in [0.4, 0.5) is 5.82 Å². The molecule has 0 bridgehead atoms. The first-order valence-corrected chi connectivity index (χ1v) is 13.1. The maximum Gasteiger partial charge on any atom is 0.166 e. The number of nitrogens with zero attached hydrogens (tertiary/aromatic N) is 5. The number of hydrogen-bond donors (Lipinski definition) is 0. The Bertz CT molecular complexity index is 1530. The van der Waals surface area contributed by atoms with E-state index in [9.17, 15) is 0 Å². The summed E-state index contributed by atoms with van der Waals surface area (Å²) in [7, 11) is 0. The Labute approximate surface area is 219 Å². The lowest BCUT2D eigenvalue weighted by Crippen LogP contribution is -2.46. The predicted octanol–water partition coefficient (Wildman–Crippen LogP) is 6.31. The van der Waals surface area contributed by atoms with E-state index in [-0.39, 0.29) is 0 Å². The van der Waals surface area contributed by atoms with Crippen molar-refractivity contribution in [3.63, 3.8) is 0 Å². The number of hydrogen-bond acceptors (Lipinski definition) is 4. The molecule has 37 heavy (non-hydrogen) atoms. The molecule has 0 radical (unpaired) electrons. The van der Waals surface area contributed by atoms with Gasteiger partial charge in [-0.2, -0.15) is 9.61 Å². The molecule has 2 aromatic heterocycles. The fourth-order valence-corrected chi connectivity index (χ4v) is 5.43. The van der Waals surface area contributed by atoms with Crippen molar-refractivity contribution in [3.05, 3.63) is 107 Å². The van der Waals surface area contributed by atoms with Crippen molar-refractivity contribution in [2.24, 2.45) is 0 Å². The first kappa shape index (κ1) is 23.4. The summed E-state index contributed by atoms with van der Waals surface area (Å²) in [6, 6.07) is 30.0. The molecule has 3 heterocycles. The number of rotatable bonds is 5. The maximum atomic E-state index is 5.15. The number of piperazine rings is 1. The molecular weight excluding hydrogens is 454 g/mol. The summed E-state index contributed by atoms with van der Waals surface area (Å²) in [5.74, 6) is 1.11. The number of benzene rings is 3. The van der Waals surface area contributed by atoms with Gasteiger partial charge in [0.2, 0.25) is 0 Å². The van der Waals surface area contributed by atoms with Crippen LogP contribution < -0.4 is 4.90 Å². The third kappa shape index (κ3) is 4.63. The van der Waals surface area contributed by atoms with E-state index in [0.29, 0.717) is 0 Å². The standard InChI is InChI=1S/C32H33N5/c1-23-14-15-28(24(2)20-23)22-35-16-18-36(19-17-35)30-21-29(26-10-6-4-7-11-26)33-32-31(25(3)34-37(30)32)27-12-8-5-9-13-27/h4-15,20-21H,16-19,22H2,1-3H3. The van der Waals surface area contributed by atoms with Crippen LogP contribution in [0.3, 0.4) is 0 Å². The molecule has 6 rings (SSSR count). The topological polar surface area (TPSA) is 36.7 Å². The van der Waals surface area contributed by atoms with Gasteiger partial charge in [0.05, 0.1) is 11.4 Å². The van der Waals surface area contributed by atoms with Crippen LogP contribution in [0.25, 0.3) is 28.0 Å². The van der Waals surface area contributed by atoms with Gasteiger partial charge in [-0.3, -0.25) is 4.90 Å². The van der Waals surface area contributed by atoms with Gasteiger partial charge in [-0.1, -0.05) is 84.4 Å². The third-order valence-electron chi connectivity index (χ3n) is 7.47. The minimum Gasteiger partial charge on any atom is -0.354 e. The molecule has 5 heteroatoms. The normalized spacial score (nSPS) is 14.4. The molecular formula is C32H33N5. The number of aromatic nitrogens is 3. The van der Waals surface area contributed by atoms with Gasteiger partial charge in [-0.15, -0.1) is 0 Å². The van der Waals surface area contributed by atoms with Crippen LogP contribution in [-0.2, 0) is 6.54 Å². The zero-order valence-corrected chi connectivity index (χ0v) is 21.9. The van der Waals surface area contributed by atoms with E-state index in [1.807, 2.05) is 0 Å². The summed E-state index contributed by atoms with van der Waals surface area (Å²) in [6.45, 7) is 11.4. The van der Waals surface area contributed by atoms with Gasteiger partial charge in [-0.25, -0.2) is 4.98 Å². The highest BCUT2D eigenvalue weighted by atomic mass is 15.4. The largest absolute Gasteiger partial charge is 0.354 e. The van der Waals surface area contributed by atoms with Crippen molar-refractivity contribution in [2.75, 3.05) is 31.1 Å². The summed E-state index contributed by atoms with van der Waals surface area (Å²) in [6.07, 6.45) is 0. The second-order valence-corrected chi connectivity index (χ2v) is 10.1. The quantitative estimate of drug-likeness (QED) is 0.291. The average molecular weight is 488 g/mol. The van der Waals surface area contributed by atoms with Gasteiger partial charge in [-0.05, 0) is 37.5 Å². The first-order chi connectivity index (χ1) is 18.1. The van der Waals surface area contributed by atoms with Crippen molar-refractivity contribution in [3.8, 4) is 22.4 Å². The van der Waals surface area contributed by atoms with Crippen LogP contribution in [0, 0.1) is 20.8 Å². The Morgan fingerprint density at radius 1 is 0.730 bits per heavy atom. The Hall–Kier alpha value is -3.96. The first-order valence-electron chi connectivity index (χ1n) is 13.1. The van der Waals surface area contributed by atoms with Crippen molar-refractivity contribution in [2.45, 2.75) is 27.3 Å². The van der Waals surface area contributed by atoms with Crippen molar-refractivity contribution >= 4 is 11.5 Å². The van der Waals surface area contributed by atoms with Crippen LogP contribution >= 0.6 is 0 Å². The van der Waals surface area contributed by atoms with Crippen LogP contribution in [0.15, 0.2) is 84.9 Å². The van der Waals surface area contributed by atoms with E-state index in [2.05, 4.69) is 120 Å². The van der Waals surface area contributed by atoms with Gasteiger partial charge in [0, 0.05) is 49.9 Å². The molecule has 1 fully saturated rings. The Morgan fingerprint density at radius 3 is 2.08 bits per heavy atom. The lowest BCUT2D eigenvalue weighted by atomic mass is 10.0. The molecule has 0 N–H and O–H groups in total. The molecule has 0 amide bonds. The van der Waals surface area contributed by atoms with Gasteiger partial charge in [0.1, 0.15) is 5.82 Å². The molecule has 1 aliphatic rings. The summed E-state index contributed by atoms with van der Waals surface area (Å²) < 4.78 is 2.06. The number of fused-ring (bicyclic) bond motifs is 1. The van der Waals surface area contributed by atoms with Crippen LogP contribution in [0.2, 0.25) is 0 Å². The summed E-state index contributed by atoms with van der Waals surface area (Å²) in [5, 5.41) is 5.00. The summed E-state index contributed by atoms with van der Waals surface area (Å²) in [4.78, 5) is 10.2. The van der Waals surface area contributed by atoms with Crippen LogP contribution in [-0.4, -0.2) is 45.7 Å². The zero-order chi connectivity index (χ0) is 25.4. The molecule has 1 aliphatic heterocycles. The van der Waals surface area contributed by atoms with Gasteiger partial charge in [0.25, 0.3) is 0 Å². The monoisotopic (exact) mass is 487 g/mol. The molecule has 0 atom stereocenters.